The molecule has 3 aromatic rings. The summed E-state index contributed by atoms with van der Waals surface area (Å²) in [6.45, 7) is 4.43. The molecule has 4 rings (SSSR count). The Morgan fingerprint density at radius 3 is 2.09 bits per heavy atom. The van der Waals surface area contributed by atoms with E-state index in [-0.39, 0.29) is 11.1 Å². The molecular weight excluding hydrogens is 410 g/mol. The van der Waals surface area contributed by atoms with Crippen LogP contribution in [0.5, 0.6) is 0 Å². The number of fused-ring (bicyclic) bond motifs is 1. The molecule has 0 amide bonds. The second-order valence-corrected chi connectivity index (χ2v) is 13.5. The maximum Gasteiger partial charge on any atom is 0.258 e. The van der Waals surface area contributed by atoms with Gasteiger partial charge in [0.2, 0.25) is 0 Å². The molecule has 0 saturated carbocycles. The van der Waals surface area contributed by atoms with Crippen molar-refractivity contribution >= 4 is 18.7 Å². The van der Waals surface area contributed by atoms with Crippen LogP contribution in [-0.4, -0.2) is 13.1 Å². The summed E-state index contributed by atoms with van der Waals surface area (Å²) in [6.07, 6.45) is 3.84. The summed E-state index contributed by atoms with van der Waals surface area (Å²) in [6, 6.07) is 28.6. The van der Waals surface area contributed by atoms with E-state index in [2.05, 4.69) is 66.3 Å². The van der Waals surface area contributed by atoms with Crippen molar-refractivity contribution in [3.05, 3.63) is 106 Å². The van der Waals surface area contributed by atoms with Gasteiger partial charge in [-0.15, -0.1) is 0 Å². The van der Waals surface area contributed by atoms with Crippen molar-refractivity contribution in [2.75, 3.05) is 0 Å². The molecule has 0 aromatic heterocycles. The summed E-state index contributed by atoms with van der Waals surface area (Å²) in [4.78, 5) is 15.5. The van der Waals surface area contributed by atoms with Gasteiger partial charge in [-0.25, -0.2) is 0 Å². The molecule has 0 radical (unpaired) electrons. The predicted molar refractivity (Wildman–Crippen MR) is 134 cm³/mol. The van der Waals surface area contributed by atoms with Crippen molar-refractivity contribution in [1.82, 2.24) is 0 Å². The predicted octanol–water partition coefficient (Wildman–Crippen LogP) is 5.91. The fourth-order valence-corrected chi connectivity index (χ4v) is 9.21. The number of benzene rings is 3. The Labute approximate surface area is 191 Å². The highest BCUT2D eigenvalue weighted by molar-refractivity contribution is 6.98. The number of nitrogens with zero attached hydrogens (tertiary/aromatic N) is 3. The third-order valence-electron chi connectivity index (χ3n) is 7.22. The van der Waals surface area contributed by atoms with Gasteiger partial charge in [0.1, 0.15) is 0 Å². The molecule has 1 N–H and O–H groups in total. The van der Waals surface area contributed by atoms with Crippen molar-refractivity contribution in [2.45, 2.75) is 50.6 Å². The van der Waals surface area contributed by atoms with Crippen LogP contribution in [0.2, 0.25) is 5.04 Å². The van der Waals surface area contributed by atoms with Crippen LogP contribution >= 0.6 is 0 Å². The highest BCUT2D eigenvalue weighted by Gasteiger charge is 2.49. The second-order valence-electron chi connectivity index (χ2n) is 9.53. The molecule has 5 heteroatoms. The molecule has 0 fully saturated rings. The van der Waals surface area contributed by atoms with E-state index in [4.69, 9.17) is 5.53 Å². The minimum atomic E-state index is -2.98. The van der Waals surface area contributed by atoms with Crippen LogP contribution in [0.15, 0.2) is 90.0 Å². The highest BCUT2D eigenvalue weighted by Crippen LogP contribution is 2.44. The zero-order valence-corrected chi connectivity index (χ0v) is 19.9. The molecule has 0 unspecified atom stereocenters. The van der Waals surface area contributed by atoms with Crippen molar-refractivity contribution in [1.29, 1.82) is 0 Å². The topological polar surface area (TPSA) is 69.0 Å². The zero-order chi connectivity index (χ0) is 22.6. The summed E-state index contributed by atoms with van der Waals surface area (Å²) in [5.74, 6) is 0.322. The van der Waals surface area contributed by atoms with Crippen molar-refractivity contribution in [2.24, 2.45) is 11.0 Å². The minimum absolute atomic E-state index is 0.0845. The molecule has 0 bridgehead atoms. The molecule has 32 heavy (non-hydrogen) atoms. The first-order valence-electron chi connectivity index (χ1n) is 11.4. The van der Waals surface area contributed by atoms with Gasteiger partial charge in [-0.3, -0.25) is 0 Å². The quantitative estimate of drug-likeness (QED) is 0.201. The number of hydrogen-bond donors (Lipinski definition) is 1. The SMILES string of the molecule is CC(C)(CCC[C@H]1Cc2ccccc2[C@@H]1N=[N+]=[N-])[Si](O)(c1ccccc1)c1ccccc1. The van der Waals surface area contributed by atoms with Crippen molar-refractivity contribution in [3.8, 4) is 0 Å². The van der Waals surface area contributed by atoms with Crippen LogP contribution < -0.4 is 10.4 Å². The molecule has 164 valence electrons. The smallest absolute Gasteiger partial charge is 0.258 e. The van der Waals surface area contributed by atoms with Crippen LogP contribution in [0.1, 0.15) is 50.3 Å². The Morgan fingerprint density at radius 2 is 1.50 bits per heavy atom. The lowest BCUT2D eigenvalue weighted by Crippen LogP contribution is -2.65. The number of hydrogen-bond acceptors (Lipinski definition) is 2. The lowest BCUT2D eigenvalue weighted by molar-refractivity contribution is 0.385. The average molecular weight is 442 g/mol. The average Bonchev–Trinajstić information content (AvgIpc) is 3.17. The summed E-state index contributed by atoms with van der Waals surface area (Å²) in [7, 11) is -2.98. The van der Waals surface area contributed by atoms with Gasteiger partial charge in [-0.05, 0) is 57.3 Å². The van der Waals surface area contributed by atoms with Crippen molar-refractivity contribution < 1.29 is 4.80 Å². The van der Waals surface area contributed by atoms with E-state index >= 15 is 0 Å². The van der Waals surface area contributed by atoms with Gasteiger partial charge in [0.05, 0.1) is 6.04 Å². The molecule has 0 aliphatic heterocycles. The first kappa shape index (κ1) is 22.3. The summed E-state index contributed by atoms with van der Waals surface area (Å²) < 4.78 is 0. The molecule has 3 aromatic carbocycles. The lowest BCUT2D eigenvalue weighted by Gasteiger charge is -2.41. The Morgan fingerprint density at radius 1 is 0.938 bits per heavy atom. The van der Waals surface area contributed by atoms with E-state index in [0.29, 0.717) is 5.92 Å². The molecule has 0 heterocycles. The third-order valence-corrected chi connectivity index (χ3v) is 11.8. The van der Waals surface area contributed by atoms with Gasteiger partial charge in [0, 0.05) is 4.91 Å². The van der Waals surface area contributed by atoms with Gasteiger partial charge in [0.25, 0.3) is 8.32 Å². The summed E-state index contributed by atoms with van der Waals surface area (Å²) in [5, 5.41) is 5.99. The van der Waals surface area contributed by atoms with Gasteiger partial charge in [0.15, 0.2) is 0 Å². The van der Waals surface area contributed by atoms with E-state index in [1.54, 1.807) is 0 Å². The van der Waals surface area contributed by atoms with Gasteiger partial charge in [-0.1, -0.05) is 110 Å². The van der Waals surface area contributed by atoms with Crippen LogP contribution in [0.3, 0.4) is 0 Å². The highest BCUT2D eigenvalue weighted by atomic mass is 28.4. The van der Waals surface area contributed by atoms with E-state index in [0.717, 1.165) is 36.1 Å². The van der Waals surface area contributed by atoms with E-state index in [1.807, 2.05) is 42.5 Å². The Bertz CT molecular complexity index is 1050. The van der Waals surface area contributed by atoms with Crippen LogP contribution in [-0.2, 0) is 6.42 Å². The molecule has 4 nitrogen and oxygen atoms in total. The van der Waals surface area contributed by atoms with Crippen LogP contribution in [0, 0.1) is 5.92 Å². The van der Waals surface area contributed by atoms with E-state index < -0.39 is 8.32 Å². The van der Waals surface area contributed by atoms with E-state index in [9.17, 15) is 4.80 Å². The Kier molecular flexibility index (Phi) is 6.52. The Hall–Kier alpha value is -2.85. The summed E-state index contributed by atoms with van der Waals surface area (Å²) >= 11 is 0. The maximum atomic E-state index is 12.3. The fraction of sp³-hybridized carbons (Fsp3) is 0.333. The molecule has 1 aliphatic carbocycles. The summed E-state index contributed by atoms with van der Waals surface area (Å²) in [5.41, 5.74) is 11.6. The van der Waals surface area contributed by atoms with Gasteiger partial charge in [-0.2, -0.15) is 0 Å². The zero-order valence-electron chi connectivity index (χ0n) is 18.9. The minimum Gasteiger partial charge on any atom is -0.424 e. The monoisotopic (exact) mass is 441 g/mol. The first-order chi connectivity index (χ1) is 15.5. The largest absolute Gasteiger partial charge is 0.424 e. The van der Waals surface area contributed by atoms with Gasteiger partial charge >= 0.3 is 0 Å². The standard InChI is InChI=1S/C27H31N3OSi/c1-27(2,32(31,23-14-5-3-6-15-23)24-16-7-4-8-17-24)19-11-13-22-20-21-12-9-10-18-25(21)26(22)29-30-28/h3-10,12,14-18,22,26,31H,11,13,19-20H2,1-2H3/t22-,26+/m0/s1. The maximum absolute atomic E-state index is 12.3. The molecule has 0 saturated heterocycles. The van der Waals surface area contributed by atoms with Crippen LogP contribution in [0.25, 0.3) is 10.4 Å². The second kappa shape index (κ2) is 9.33. The molecule has 0 spiro atoms. The fourth-order valence-electron chi connectivity index (χ4n) is 5.42. The number of rotatable bonds is 8. The van der Waals surface area contributed by atoms with E-state index in [1.165, 1.54) is 11.1 Å². The first-order valence-corrected chi connectivity index (χ1v) is 13.4. The van der Waals surface area contributed by atoms with Crippen molar-refractivity contribution in [3.63, 3.8) is 0 Å². The Balaban J connectivity index is 1.54. The lowest BCUT2D eigenvalue weighted by atomic mass is 9.93. The number of azide groups is 1. The molecule has 1 aliphatic rings. The normalized spacial score (nSPS) is 18.1. The third kappa shape index (κ3) is 4.12. The molecule has 2 atom stereocenters. The van der Waals surface area contributed by atoms with Gasteiger partial charge < -0.3 is 4.80 Å². The van der Waals surface area contributed by atoms with Crippen LogP contribution in [0.4, 0.5) is 0 Å². The molecular formula is C27H31N3OSi.